The van der Waals surface area contributed by atoms with Gasteiger partial charge in [0.1, 0.15) is 0 Å². The van der Waals surface area contributed by atoms with E-state index in [1.54, 1.807) is 7.05 Å². The van der Waals surface area contributed by atoms with Crippen LogP contribution in [0.15, 0.2) is 23.2 Å². The molecule has 3 N–H and O–H groups in total. The van der Waals surface area contributed by atoms with Crippen molar-refractivity contribution in [2.24, 2.45) is 16.6 Å². The van der Waals surface area contributed by atoms with E-state index in [4.69, 9.17) is 28.9 Å². The van der Waals surface area contributed by atoms with Gasteiger partial charge in [0, 0.05) is 49.1 Å². The number of rotatable bonds is 5. The average Bonchev–Trinajstić information content (AvgIpc) is 2.55. The summed E-state index contributed by atoms with van der Waals surface area (Å²) >= 11 is 12.6. The van der Waals surface area contributed by atoms with Crippen molar-refractivity contribution < 1.29 is 4.79 Å². The van der Waals surface area contributed by atoms with Crippen LogP contribution in [0.2, 0.25) is 10.0 Å². The Bertz CT molecular complexity index is 615. The Labute approximate surface area is 159 Å². The Morgan fingerprint density at radius 3 is 2.72 bits per heavy atom. The first-order chi connectivity index (χ1) is 11.9. The van der Waals surface area contributed by atoms with Gasteiger partial charge in [0.2, 0.25) is 5.91 Å². The number of aliphatic imine (C=N–C) groups is 1. The summed E-state index contributed by atoms with van der Waals surface area (Å²) in [4.78, 5) is 17.8. The molecule has 2 rings (SSSR count). The van der Waals surface area contributed by atoms with Crippen molar-refractivity contribution in [3.05, 3.63) is 33.8 Å². The average molecular weight is 385 g/mol. The highest BCUT2D eigenvalue weighted by Gasteiger charge is 2.24. The lowest BCUT2D eigenvalue weighted by Gasteiger charge is -2.35. The number of likely N-dealkylation sites (tertiary alicyclic amines) is 1. The Morgan fingerprint density at radius 2 is 2.12 bits per heavy atom. The molecule has 1 amide bonds. The van der Waals surface area contributed by atoms with Crippen molar-refractivity contribution >= 4 is 35.1 Å². The second-order valence-electron chi connectivity index (χ2n) is 6.59. The third kappa shape index (κ3) is 5.51. The molecule has 0 aromatic heterocycles. The lowest BCUT2D eigenvalue weighted by atomic mass is 9.95. The Morgan fingerprint density at radius 1 is 1.44 bits per heavy atom. The third-order valence-corrected chi connectivity index (χ3v) is 5.24. The maximum absolute atomic E-state index is 11.2. The zero-order valence-corrected chi connectivity index (χ0v) is 16.3. The van der Waals surface area contributed by atoms with E-state index < -0.39 is 0 Å². The number of nitrogens with one attached hydrogen (secondary N) is 1. The van der Waals surface area contributed by atoms with Crippen molar-refractivity contribution in [3.8, 4) is 0 Å². The molecule has 1 aromatic rings. The molecular weight excluding hydrogens is 359 g/mol. The van der Waals surface area contributed by atoms with E-state index in [9.17, 15) is 4.79 Å². The number of nitrogens with two attached hydrogens (primary N) is 1. The number of hydrogen-bond acceptors (Lipinski definition) is 2. The number of amides is 1. The SMILES string of the molecule is CN=C(NCC(C)c1c(Cl)cccc1Cl)N1CCCC(CC(N)=O)C1. The van der Waals surface area contributed by atoms with Crippen molar-refractivity contribution in [1.82, 2.24) is 10.2 Å². The van der Waals surface area contributed by atoms with Crippen LogP contribution in [0.1, 0.15) is 37.7 Å². The van der Waals surface area contributed by atoms with Crippen LogP contribution in [0.4, 0.5) is 0 Å². The number of hydrogen-bond donors (Lipinski definition) is 2. The van der Waals surface area contributed by atoms with Crippen LogP contribution < -0.4 is 11.1 Å². The first-order valence-electron chi connectivity index (χ1n) is 8.60. The molecule has 1 aliphatic heterocycles. The minimum Gasteiger partial charge on any atom is -0.370 e. The van der Waals surface area contributed by atoms with Gasteiger partial charge in [0.15, 0.2) is 5.96 Å². The number of primary amides is 1. The topological polar surface area (TPSA) is 70.7 Å². The second-order valence-corrected chi connectivity index (χ2v) is 7.40. The summed E-state index contributed by atoms with van der Waals surface area (Å²) in [5.74, 6) is 1.03. The molecule has 1 heterocycles. The molecule has 0 bridgehead atoms. The number of carbonyl (C=O) groups excluding carboxylic acids is 1. The van der Waals surface area contributed by atoms with Gasteiger partial charge in [-0.05, 0) is 36.5 Å². The first kappa shape index (κ1) is 19.9. The van der Waals surface area contributed by atoms with Crippen molar-refractivity contribution in [3.63, 3.8) is 0 Å². The van der Waals surface area contributed by atoms with Gasteiger partial charge in [0.25, 0.3) is 0 Å². The third-order valence-electron chi connectivity index (χ3n) is 4.58. The van der Waals surface area contributed by atoms with Crippen LogP contribution in [0, 0.1) is 5.92 Å². The zero-order valence-electron chi connectivity index (χ0n) is 14.8. The lowest BCUT2D eigenvalue weighted by molar-refractivity contribution is -0.119. The predicted molar refractivity (Wildman–Crippen MR) is 104 cm³/mol. The highest BCUT2D eigenvalue weighted by molar-refractivity contribution is 6.36. The molecule has 2 unspecified atom stereocenters. The number of halogens is 2. The molecule has 0 radical (unpaired) electrons. The smallest absolute Gasteiger partial charge is 0.217 e. The van der Waals surface area contributed by atoms with Gasteiger partial charge < -0.3 is 16.0 Å². The van der Waals surface area contributed by atoms with Gasteiger partial charge in [-0.1, -0.05) is 36.2 Å². The fraction of sp³-hybridized carbons (Fsp3) is 0.556. The van der Waals surface area contributed by atoms with Crippen LogP contribution in [0.5, 0.6) is 0 Å². The van der Waals surface area contributed by atoms with Crippen LogP contribution in [-0.2, 0) is 4.79 Å². The van der Waals surface area contributed by atoms with Gasteiger partial charge in [-0.25, -0.2) is 0 Å². The molecule has 5 nitrogen and oxygen atoms in total. The summed E-state index contributed by atoms with van der Waals surface area (Å²) in [6, 6.07) is 5.56. The first-order valence-corrected chi connectivity index (χ1v) is 9.35. The van der Waals surface area contributed by atoms with E-state index in [1.165, 1.54) is 0 Å². The van der Waals surface area contributed by atoms with E-state index in [-0.39, 0.29) is 11.8 Å². The molecule has 1 fully saturated rings. The number of piperidine rings is 1. The van der Waals surface area contributed by atoms with Crippen molar-refractivity contribution in [1.29, 1.82) is 0 Å². The maximum Gasteiger partial charge on any atom is 0.217 e. The second kappa shape index (κ2) is 9.30. The summed E-state index contributed by atoms with van der Waals surface area (Å²) in [7, 11) is 1.77. The number of benzene rings is 1. The minimum absolute atomic E-state index is 0.143. The van der Waals surface area contributed by atoms with Crippen LogP contribution in [-0.4, -0.2) is 43.4 Å². The standard InChI is InChI=1S/C18H26Cl2N4O/c1-12(17-14(19)6-3-7-15(17)20)10-23-18(22-2)24-8-4-5-13(11-24)9-16(21)25/h3,6-7,12-13H,4-5,8-11H2,1-2H3,(H2,21,25)(H,22,23). The van der Waals surface area contributed by atoms with Gasteiger partial charge in [-0.3, -0.25) is 9.79 Å². The number of nitrogens with zero attached hydrogens (tertiary/aromatic N) is 2. The van der Waals surface area contributed by atoms with Gasteiger partial charge in [-0.2, -0.15) is 0 Å². The molecule has 1 aliphatic rings. The molecule has 0 saturated carbocycles. The molecule has 1 aromatic carbocycles. The van der Waals surface area contributed by atoms with Crippen molar-refractivity contribution in [2.75, 3.05) is 26.7 Å². The van der Waals surface area contributed by atoms with Gasteiger partial charge in [0.05, 0.1) is 0 Å². The fourth-order valence-corrected chi connectivity index (χ4v) is 4.14. The van der Waals surface area contributed by atoms with E-state index in [0.29, 0.717) is 28.9 Å². The summed E-state index contributed by atoms with van der Waals surface area (Å²) < 4.78 is 0. The van der Waals surface area contributed by atoms with E-state index in [0.717, 1.165) is 37.5 Å². The summed E-state index contributed by atoms with van der Waals surface area (Å²) in [6.45, 7) is 4.48. The summed E-state index contributed by atoms with van der Waals surface area (Å²) in [6.07, 6.45) is 2.49. The van der Waals surface area contributed by atoms with Crippen LogP contribution in [0.25, 0.3) is 0 Å². The monoisotopic (exact) mass is 384 g/mol. The minimum atomic E-state index is -0.239. The van der Waals surface area contributed by atoms with E-state index >= 15 is 0 Å². The van der Waals surface area contributed by atoms with Crippen molar-refractivity contribution in [2.45, 2.75) is 32.1 Å². The molecule has 0 spiro atoms. The van der Waals surface area contributed by atoms with Crippen LogP contribution >= 0.6 is 23.2 Å². The highest BCUT2D eigenvalue weighted by Crippen LogP contribution is 2.31. The largest absolute Gasteiger partial charge is 0.370 e. The molecule has 1 saturated heterocycles. The van der Waals surface area contributed by atoms with Gasteiger partial charge in [-0.15, -0.1) is 0 Å². The van der Waals surface area contributed by atoms with Crippen LogP contribution in [0.3, 0.4) is 0 Å². The predicted octanol–water partition coefficient (Wildman–Crippen LogP) is 3.26. The highest BCUT2D eigenvalue weighted by atomic mass is 35.5. The number of carbonyl (C=O) groups is 1. The molecule has 2 atom stereocenters. The summed E-state index contributed by atoms with van der Waals surface area (Å²) in [5.41, 5.74) is 6.28. The Balaban J connectivity index is 1.97. The lowest BCUT2D eigenvalue weighted by Crippen LogP contribution is -2.47. The molecular formula is C18H26Cl2N4O. The maximum atomic E-state index is 11.2. The Hall–Kier alpha value is -1.46. The Kier molecular flexibility index (Phi) is 7.38. The van der Waals surface area contributed by atoms with E-state index in [1.807, 2.05) is 18.2 Å². The zero-order chi connectivity index (χ0) is 18.4. The van der Waals surface area contributed by atoms with Gasteiger partial charge >= 0.3 is 0 Å². The normalized spacial score (nSPS) is 19.6. The molecule has 0 aliphatic carbocycles. The van der Waals surface area contributed by atoms with E-state index in [2.05, 4.69) is 22.1 Å². The number of guanidine groups is 1. The molecule has 25 heavy (non-hydrogen) atoms. The molecule has 7 heteroatoms. The fourth-order valence-electron chi connectivity index (χ4n) is 3.37. The summed E-state index contributed by atoms with van der Waals surface area (Å²) in [5, 5.41) is 4.76. The molecule has 138 valence electrons. The quantitative estimate of drug-likeness (QED) is 0.604.